The van der Waals surface area contributed by atoms with Gasteiger partial charge in [0.2, 0.25) is 0 Å². The highest BCUT2D eigenvalue weighted by Crippen LogP contribution is 1.98. The zero-order valence-electron chi connectivity index (χ0n) is 7.50. The minimum absolute atomic E-state index is 0.421. The number of nitrogens with one attached hydrogen (secondary N) is 1. The predicted molar refractivity (Wildman–Crippen MR) is 43.7 cm³/mol. The van der Waals surface area contributed by atoms with Crippen LogP contribution < -0.4 is 5.76 Å². The third kappa shape index (κ3) is 2.20. The molecule has 0 aliphatic rings. The summed E-state index contributed by atoms with van der Waals surface area (Å²) in [6.45, 7) is 4.74. The van der Waals surface area contributed by atoms with Crippen molar-refractivity contribution in [2.45, 2.75) is 26.4 Å². The van der Waals surface area contributed by atoms with Gasteiger partial charge in [-0.2, -0.15) is 4.98 Å². The summed E-state index contributed by atoms with van der Waals surface area (Å²) in [6.07, 6.45) is 0. The first kappa shape index (κ1) is 8.99. The van der Waals surface area contributed by atoms with E-state index >= 15 is 0 Å². The Morgan fingerprint density at radius 1 is 1.67 bits per heavy atom. The standard InChI is InChI=1S/C7H13N3O2/c1-5(2)10(3)4-6-8-7(11)12-9-6/h5H,4H2,1-3H3,(H,8,9,11). The number of rotatable bonds is 3. The lowest BCUT2D eigenvalue weighted by molar-refractivity contribution is 0.254. The minimum atomic E-state index is -0.567. The van der Waals surface area contributed by atoms with E-state index in [1.54, 1.807) is 0 Å². The lowest BCUT2D eigenvalue weighted by atomic mass is 10.3. The summed E-state index contributed by atoms with van der Waals surface area (Å²) < 4.78 is 4.43. The van der Waals surface area contributed by atoms with Gasteiger partial charge in [-0.15, -0.1) is 0 Å². The number of H-pyrrole nitrogens is 1. The fourth-order valence-corrected chi connectivity index (χ4v) is 0.745. The summed E-state index contributed by atoms with van der Waals surface area (Å²) in [5.41, 5.74) is 0. The molecule has 0 aliphatic carbocycles. The molecule has 1 aromatic heterocycles. The summed E-state index contributed by atoms with van der Waals surface area (Å²) in [6, 6.07) is 0.421. The van der Waals surface area contributed by atoms with Crippen molar-refractivity contribution in [3.8, 4) is 0 Å². The van der Waals surface area contributed by atoms with Gasteiger partial charge in [0, 0.05) is 6.04 Å². The van der Waals surface area contributed by atoms with Crippen LogP contribution in [-0.2, 0) is 6.54 Å². The van der Waals surface area contributed by atoms with E-state index in [1.165, 1.54) is 0 Å². The zero-order chi connectivity index (χ0) is 9.14. The number of nitrogens with zero attached hydrogens (tertiary/aromatic N) is 2. The van der Waals surface area contributed by atoms with E-state index in [0.29, 0.717) is 18.4 Å². The smallest absolute Gasteiger partial charge is 0.321 e. The Labute approximate surface area is 70.4 Å². The monoisotopic (exact) mass is 171 g/mol. The molecule has 0 saturated carbocycles. The molecule has 0 spiro atoms. The molecule has 0 radical (unpaired) electrons. The van der Waals surface area contributed by atoms with Crippen molar-refractivity contribution in [1.29, 1.82) is 0 Å². The van der Waals surface area contributed by atoms with Crippen LogP contribution in [0.25, 0.3) is 0 Å². The van der Waals surface area contributed by atoms with Gasteiger partial charge in [-0.1, -0.05) is 0 Å². The summed E-state index contributed by atoms with van der Waals surface area (Å²) in [5, 5.41) is 2.45. The zero-order valence-corrected chi connectivity index (χ0v) is 7.50. The lowest BCUT2D eigenvalue weighted by Gasteiger charge is -2.18. The van der Waals surface area contributed by atoms with Crippen LogP contribution in [0.4, 0.5) is 0 Å². The van der Waals surface area contributed by atoms with E-state index < -0.39 is 5.76 Å². The Kier molecular flexibility index (Phi) is 2.65. The molecular weight excluding hydrogens is 158 g/mol. The molecule has 1 heterocycles. The second-order valence-corrected chi connectivity index (χ2v) is 3.04. The molecule has 0 saturated heterocycles. The van der Waals surface area contributed by atoms with Crippen molar-refractivity contribution in [3.05, 3.63) is 16.4 Å². The lowest BCUT2D eigenvalue weighted by Crippen LogP contribution is -2.26. The predicted octanol–water partition coefficient (Wildman–Crippen LogP) is 0.203. The number of aromatic amines is 1. The van der Waals surface area contributed by atoms with Gasteiger partial charge < -0.3 is 4.52 Å². The molecular formula is C7H13N3O2. The highest BCUT2D eigenvalue weighted by Gasteiger charge is 2.07. The molecule has 0 aromatic carbocycles. The highest BCUT2D eigenvalue weighted by atomic mass is 16.5. The Bertz CT molecular complexity index is 289. The van der Waals surface area contributed by atoms with Crippen LogP contribution in [0, 0.1) is 0 Å². The van der Waals surface area contributed by atoms with Gasteiger partial charge in [0.25, 0.3) is 0 Å². The first-order valence-electron chi connectivity index (χ1n) is 3.84. The van der Waals surface area contributed by atoms with Gasteiger partial charge >= 0.3 is 5.76 Å². The largest absolute Gasteiger partial charge is 0.459 e. The molecule has 1 rings (SSSR count). The van der Waals surface area contributed by atoms with Gasteiger partial charge in [-0.05, 0) is 20.9 Å². The van der Waals surface area contributed by atoms with Gasteiger partial charge in [0.1, 0.15) is 0 Å². The van der Waals surface area contributed by atoms with Crippen LogP contribution in [0.15, 0.2) is 9.32 Å². The van der Waals surface area contributed by atoms with Crippen molar-refractivity contribution >= 4 is 0 Å². The van der Waals surface area contributed by atoms with Crippen molar-refractivity contribution in [1.82, 2.24) is 15.0 Å². The molecule has 12 heavy (non-hydrogen) atoms. The molecule has 1 aromatic rings. The molecule has 0 unspecified atom stereocenters. The van der Waals surface area contributed by atoms with Crippen LogP contribution in [0.5, 0.6) is 0 Å². The summed E-state index contributed by atoms with van der Waals surface area (Å²) in [7, 11) is 1.96. The third-order valence-electron chi connectivity index (χ3n) is 1.76. The molecule has 1 N–H and O–H groups in total. The third-order valence-corrected chi connectivity index (χ3v) is 1.76. The second kappa shape index (κ2) is 3.53. The topological polar surface area (TPSA) is 62.1 Å². The molecule has 0 amide bonds. The first-order chi connectivity index (χ1) is 5.59. The van der Waals surface area contributed by atoms with Crippen molar-refractivity contribution in [2.24, 2.45) is 0 Å². The van der Waals surface area contributed by atoms with E-state index in [2.05, 4.69) is 28.5 Å². The summed E-state index contributed by atoms with van der Waals surface area (Å²) in [5.74, 6) is -0.00152. The second-order valence-electron chi connectivity index (χ2n) is 3.04. The maximum atomic E-state index is 10.5. The average molecular weight is 171 g/mol. The Balaban J connectivity index is 2.58. The molecule has 5 heteroatoms. The Morgan fingerprint density at radius 3 is 2.75 bits per heavy atom. The Morgan fingerprint density at radius 2 is 2.33 bits per heavy atom. The fourth-order valence-electron chi connectivity index (χ4n) is 0.745. The van der Waals surface area contributed by atoms with Crippen LogP contribution in [-0.4, -0.2) is 28.1 Å². The van der Waals surface area contributed by atoms with Crippen molar-refractivity contribution < 1.29 is 4.52 Å². The minimum Gasteiger partial charge on any atom is -0.321 e. The Hall–Kier alpha value is -1.10. The quantitative estimate of drug-likeness (QED) is 0.705. The number of aromatic nitrogens is 2. The molecule has 0 aliphatic heterocycles. The van der Waals surface area contributed by atoms with Gasteiger partial charge in [-0.3, -0.25) is 4.90 Å². The number of hydrogen-bond donors (Lipinski definition) is 1. The van der Waals surface area contributed by atoms with E-state index in [9.17, 15) is 4.79 Å². The SMILES string of the molecule is CC(C)N(C)Cc1nc(=O)o[nH]1. The van der Waals surface area contributed by atoms with E-state index in [0.717, 1.165) is 0 Å². The molecule has 5 nitrogen and oxygen atoms in total. The maximum absolute atomic E-state index is 10.5. The highest BCUT2D eigenvalue weighted by molar-refractivity contribution is 4.78. The van der Waals surface area contributed by atoms with E-state index in [-0.39, 0.29) is 0 Å². The first-order valence-corrected chi connectivity index (χ1v) is 3.84. The molecule has 68 valence electrons. The van der Waals surface area contributed by atoms with E-state index in [1.807, 2.05) is 11.9 Å². The fraction of sp³-hybridized carbons (Fsp3) is 0.714. The molecule has 0 atom stereocenters. The van der Waals surface area contributed by atoms with Gasteiger partial charge in [0.05, 0.1) is 6.54 Å². The van der Waals surface area contributed by atoms with E-state index in [4.69, 9.17) is 0 Å². The average Bonchev–Trinajstić information content (AvgIpc) is 2.35. The van der Waals surface area contributed by atoms with Crippen LogP contribution in [0.2, 0.25) is 0 Å². The van der Waals surface area contributed by atoms with Gasteiger partial charge in [-0.25, -0.2) is 9.95 Å². The normalized spacial score (nSPS) is 11.4. The number of hydrogen-bond acceptors (Lipinski definition) is 4. The van der Waals surface area contributed by atoms with Crippen molar-refractivity contribution in [3.63, 3.8) is 0 Å². The van der Waals surface area contributed by atoms with Crippen LogP contribution in [0.3, 0.4) is 0 Å². The maximum Gasteiger partial charge on any atom is 0.459 e. The van der Waals surface area contributed by atoms with Gasteiger partial charge in [0.15, 0.2) is 5.82 Å². The van der Waals surface area contributed by atoms with Crippen molar-refractivity contribution in [2.75, 3.05) is 7.05 Å². The molecule has 0 bridgehead atoms. The summed E-state index contributed by atoms with van der Waals surface area (Å²) in [4.78, 5) is 16.2. The molecule has 0 fully saturated rings. The van der Waals surface area contributed by atoms with Crippen LogP contribution in [0.1, 0.15) is 19.7 Å². The van der Waals surface area contributed by atoms with Crippen LogP contribution >= 0.6 is 0 Å². The summed E-state index contributed by atoms with van der Waals surface area (Å²) >= 11 is 0.